The minimum atomic E-state index is -0.281. The topological polar surface area (TPSA) is 26.0 Å². The van der Waals surface area contributed by atoms with Gasteiger partial charge in [-0.15, -0.1) is 0 Å². The van der Waals surface area contributed by atoms with E-state index in [2.05, 4.69) is 0 Å². The zero-order valence-electron chi connectivity index (χ0n) is 4.23. The van der Waals surface area contributed by atoms with Crippen molar-refractivity contribution in [2.45, 2.75) is 6.42 Å². The molecule has 0 heterocycles. The highest BCUT2D eigenvalue weighted by molar-refractivity contribution is 4.81. The fourth-order valence-corrected chi connectivity index (χ4v) is 0.277. The molecule has 0 aromatic heterocycles. The van der Waals surface area contributed by atoms with Crippen LogP contribution in [0.3, 0.4) is 0 Å². The summed E-state index contributed by atoms with van der Waals surface area (Å²) in [6.07, 6.45) is 3.98. The van der Waals surface area contributed by atoms with Crippen LogP contribution in [0.15, 0.2) is 12.2 Å². The molecule has 0 aliphatic rings. The van der Waals surface area contributed by atoms with Crippen LogP contribution in [0.1, 0.15) is 6.42 Å². The molecular formula is C5H10FN. The molecule has 0 bridgehead atoms. The summed E-state index contributed by atoms with van der Waals surface area (Å²) in [6.45, 7) is 0.233. The molecule has 0 radical (unpaired) electrons. The average molecular weight is 103 g/mol. The van der Waals surface area contributed by atoms with Gasteiger partial charge in [0.2, 0.25) is 0 Å². The highest BCUT2D eigenvalue weighted by Gasteiger charge is 1.71. The van der Waals surface area contributed by atoms with Crippen LogP contribution in [-0.2, 0) is 0 Å². The smallest absolute Gasteiger partial charge is 0.0928 e. The molecule has 2 heteroatoms. The fourth-order valence-electron chi connectivity index (χ4n) is 0.277. The van der Waals surface area contributed by atoms with Crippen molar-refractivity contribution in [1.82, 2.24) is 0 Å². The van der Waals surface area contributed by atoms with Gasteiger partial charge in [0.25, 0.3) is 0 Å². The maximum Gasteiger partial charge on any atom is 0.0928 e. The molecule has 7 heavy (non-hydrogen) atoms. The number of allylic oxidation sites excluding steroid dienone is 1. The molecule has 0 saturated carbocycles. The first kappa shape index (κ1) is 6.63. The summed E-state index contributed by atoms with van der Waals surface area (Å²) in [4.78, 5) is 0. The standard InChI is InChI=1S/C5H10FN/c6-4-2-1-3-5-7/h1,3H,2,4-5,7H2. The van der Waals surface area contributed by atoms with Gasteiger partial charge in [-0.2, -0.15) is 0 Å². The Labute approximate surface area is 43.0 Å². The first-order valence-electron chi connectivity index (χ1n) is 2.33. The van der Waals surface area contributed by atoms with Gasteiger partial charge in [0, 0.05) is 6.54 Å². The predicted octanol–water partition coefficient (Wildman–Crippen LogP) is 0.861. The summed E-state index contributed by atoms with van der Waals surface area (Å²) >= 11 is 0. The summed E-state index contributed by atoms with van der Waals surface area (Å²) in [7, 11) is 0. The average Bonchev–Trinajstić information content (AvgIpc) is 1.69. The van der Waals surface area contributed by atoms with E-state index >= 15 is 0 Å². The summed E-state index contributed by atoms with van der Waals surface area (Å²) in [5.41, 5.74) is 5.06. The Kier molecular flexibility index (Phi) is 5.33. The van der Waals surface area contributed by atoms with E-state index in [1.54, 1.807) is 12.2 Å². The minimum Gasteiger partial charge on any atom is -0.327 e. The number of halogens is 1. The van der Waals surface area contributed by atoms with Crippen molar-refractivity contribution < 1.29 is 4.39 Å². The Morgan fingerprint density at radius 2 is 2.14 bits per heavy atom. The lowest BCUT2D eigenvalue weighted by Gasteiger charge is -1.78. The first-order chi connectivity index (χ1) is 3.41. The predicted molar refractivity (Wildman–Crippen MR) is 28.8 cm³/mol. The van der Waals surface area contributed by atoms with Gasteiger partial charge in [-0.3, -0.25) is 4.39 Å². The molecule has 42 valence electrons. The van der Waals surface area contributed by atoms with Crippen LogP contribution in [0.2, 0.25) is 0 Å². The van der Waals surface area contributed by atoms with E-state index < -0.39 is 0 Å². The molecule has 0 fully saturated rings. The van der Waals surface area contributed by atoms with E-state index in [0.717, 1.165) is 0 Å². The van der Waals surface area contributed by atoms with E-state index in [0.29, 0.717) is 13.0 Å². The van der Waals surface area contributed by atoms with Crippen molar-refractivity contribution in [2.75, 3.05) is 13.2 Å². The monoisotopic (exact) mass is 103 g/mol. The molecule has 0 rings (SSSR count). The molecular weight excluding hydrogens is 93.1 g/mol. The van der Waals surface area contributed by atoms with Crippen LogP contribution in [0.25, 0.3) is 0 Å². The fraction of sp³-hybridized carbons (Fsp3) is 0.600. The van der Waals surface area contributed by atoms with Gasteiger partial charge in [0.1, 0.15) is 0 Å². The van der Waals surface area contributed by atoms with E-state index in [9.17, 15) is 4.39 Å². The third-order valence-electron chi connectivity index (χ3n) is 0.579. The largest absolute Gasteiger partial charge is 0.327 e. The van der Waals surface area contributed by atoms with E-state index in [-0.39, 0.29) is 6.67 Å². The molecule has 0 atom stereocenters. The number of alkyl halides is 1. The zero-order chi connectivity index (χ0) is 5.54. The van der Waals surface area contributed by atoms with Crippen molar-refractivity contribution in [2.24, 2.45) is 5.73 Å². The van der Waals surface area contributed by atoms with Crippen LogP contribution in [0, 0.1) is 0 Å². The molecule has 0 aromatic carbocycles. The Hall–Kier alpha value is -0.370. The molecule has 0 amide bonds. The van der Waals surface area contributed by atoms with Crippen LogP contribution >= 0.6 is 0 Å². The third kappa shape index (κ3) is 5.63. The van der Waals surface area contributed by atoms with Crippen LogP contribution in [-0.4, -0.2) is 13.2 Å². The molecule has 0 aliphatic heterocycles. The normalized spacial score (nSPS) is 10.6. The zero-order valence-corrected chi connectivity index (χ0v) is 4.23. The van der Waals surface area contributed by atoms with Gasteiger partial charge < -0.3 is 5.73 Å². The van der Waals surface area contributed by atoms with Crippen molar-refractivity contribution >= 4 is 0 Å². The second-order valence-corrected chi connectivity index (χ2v) is 1.18. The molecule has 2 N–H and O–H groups in total. The van der Waals surface area contributed by atoms with E-state index in [1.165, 1.54) is 0 Å². The second kappa shape index (κ2) is 5.63. The van der Waals surface area contributed by atoms with Crippen molar-refractivity contribution in [3.63, 3.8) is 0 Å². The highest BCUT2D eigenvalue weighted by atomic mass is 19.1. The SMILES string of the molecule is NCC=CCCF. The summed E-state index contributed by atoms with van der Waals surface area (Å²) < 4.78 is 11.2. The van der Waals surface area contributed by atoms with Crippen molar-refractivity contribution in [1.29, 1.82) is 0 Å². The van der Waals surface area contributed by atoms with Crippen molar-refractivity contribution in [3.8, 4) is 0 Å². The maximum atomic E-state index is 11.2. The van der Waals surface area contributed by atoms with E-state index in [4.69, 9.17) is 5.73 Å². The quantitative estimate of drug-likeness (QED) is 0.527. The molecule has 0 unspecified atom stereocenters. The van der Waals surface area contributed by atoms with Gasteiger partial charge in [0.05, 0.1) is 6.67 Å². The van der Waals surface area contributed by atoms with E-state index in [1.807, 2.05) is 0 Å². The molecule has 1 nitrogen and oxygen atoms in total. The Bertz CT molecular complexity index is 52.0. The molecule has 0 spiro atoms. The Morgan fingerprint density at radius 3 is 2.57 bits per heavy atom. The first-order valence-corrected chi connectivity index (χ1v) is 2.33. The van der Waals surface area contributed by atoms with Gasteiger partial charge in [-0.25, -0.2) is 0 Å². The minimum absolute atomic E-state index is 0.281. The summed E-state index contributed by atoms with van der Waals surface area (Å²) in [5, 5.41) is 0. The van der Waals surface area contributed by atoms with Gasteiger partial charge in [0.15, 0.2) is 0 Å². The highest BCUT2D eigenvalue weighted by Crippen LogP contribution is 1.80. The van der Waals surface area contributed by atoms with Gasteiger partial charge >= 0.3 is 0 Å². The third-order valence-corrected chi connectivity index (χ3v) is 0.579. The number of nitrogens with two attached hydrogens (primary N) is 1. The lowest BCUT2D eigenvalue weighted by atomic mass is 10.4. The lowest BCUT2D eigenvalue weighted by Crippen LogP contribution is -1.91. The number of hydrogen-bond acceptors (Lipinski definition) is 1. The van der Waals surface area contributed by atoms with Crippen LogP contribution in [0.5, 0.6) is 0 Å². The van der Waals surface area contributed by atoms with Crippen molar-refractivity contribution in [3.05, 3.63) is 12.2 Å². The molecule has 0 saturated heterocycles. The number of hydrogen-bond donors (Lipinski definition) is 1. The maximum absolute atomic E-state index is 11.2. The summed E-state index contributed by atoms with van der Waals surface area (Å²) in [5.74, 6) is 0. The molecule has 0 aromatic rings. The summed E-state index contributed by atoms with van der Waals surface area (Å²) in [6, 6.07) is 0. The second-order valence-electron chi connectivity index (χ2n) is 1.18. The lowest BCUT2D eigenvalue weighted by molar-refractivity contribution is 0.501. The van der Waals surface area contributed by atoms with Crippen LogP contribution < -0.4 is 5.73 Å². The van der Waals surface area contributed by atoms with Crippen LogP contribution in [0.4, 0.5) is 4.39 Å². The number of rotatable bonds is 3. The van der Waals surface area contributed by atoms with Gasteiger partial charge in [-0.05, 0) is 6.42 Å². The van der Waals surface area contributed by atoms with Gasteiger partial charge in [-0.1, -0.05) is 12.2 Å². The Balaban J connectivity index is 2.78. The Morgan fingerprint density at radius 1 is 1.43 bits per heavy atom. The molecule has 0 aliphatic carbocycles.